The van der Waals surface area contributed by atoms with E-state index in [0.29, 0.717) is 0 Å². The maximum atomic E-state index is 12.4. The number of halogens is 5. The van der Waals surface area contributed by atoms with Gasteiger partial charge in [-0.1, -0.05) is 23.2 Å². The number of nitrogen functional groups attached to an aromatic ring is 1. The van der Waals surface area contributed by atoms with Crippen LogP contribution in [0.1, 0.15) is 5.69 Å². The Kier molecular flexibility index (Phi) is 4.27. The molecule has 1 aromatic heterocycles. The lowest BCUT2D eigenvalue weighted by Gasteiger charge is -2.11. The van der Waals surface area contributed by atoms with Gasteiger partial charge in [0.1, 0.15) is 11.8 Å². The van der Waals surface area contributed by atoms with Crippen molar-refractivity contribution in [2.75, 3.05) is 5.73 Å². The van der Waals surface area contributed by atoms with Crippen molar-refractivity contribution < 1.29 is 13.2 Å². The summed E-state index contributed by atoms with van der Waals surface area (Å²) in [5.74, 6) is -0.0217. The van der Waals surface area contributed by atoms with Gasteiger partial charge < -0.3 is 5.73 Å². The first kappa shape index (κ1) is 15.8. The summed E-state index contributed by atoms with van der Waals surface area (Å²) in [4.78, 5) is -0.165. The van der Waals surface area contributed by atoms with Crippen LogP contribution in [0.25, 0.3) is 11.1 Å². The van der Waals surface area contributed by atoms with E-state index in [9.17, 15) is 13.2 Å². The number of thioether (sulfide) groups is 1. The molecular weight excluding hydrogens is 348 g/mol. The topological polar surface area (TPSA) is 78.5 Å². The summed E-state index contributed by atoms with van der Waals surface area (Å²) in [5, 5.41) is 14.9. The zero-order valence-electron chi connectivity index (χ0n) is 9.92. The third kappa shape index (κ3) is 3.37. The van der Waals surface area contributed by atoms with Crippen LogP contribution in [0.3, 0.4) is 0 Å². The van der Waals surface area contributed by atoms with E-state index in [2.05, 4.69) is 10.2 Å². The molecule has 0 radical (unpaired) electrons. The number of benzene rings is 1. The molecule has 0 aliphatic heterocycles. The summed E-state index contributed by atoms with van der Waals surface area (Å²) >= 11 is 11.6. The van der Waals surface area contributed by atoms with Crippen molar-refractivity contribution in [3.05, 3.63) is 27.9 Å². The van der Waals surface area contributed by atoms with E-state index in [1.165, 1.54) is 0 Å². The largest absolute Gasteiger partial charge is 0.446 e. The smallest absolute Gasteiger partial charge is 0.382 e. The fourth-order valence-corrected chi connectivity index (χ4v) is 3.10. The summed E-state index contributed by atoms with van der Waals surface area (Å²) in [6.45, 7) is 0. The van der Waals surface area contributed by atoms with Gasteiger partial charge >= 0.3 is 5.51 Å². The first-order valence-electron chi connectivity index (χ1n) is 5.22. The van der Waals surface area contributed by atoms with Gasteiger partial charge in [-0.25, -0.2) is 0 Å². The number of anilines is 1. The highest BCUT2D eigenvalue weighted by molar-refractivity contribution is 8.00. The molecule has 1 heterocycles. The molecule has 0 fully saturated rings. The number of nitriles is 1. The van der Waals surface area contributed by atoms with E-state index >= 15 is 0 Å². The van der Waals surface area contributed by atoms with Crippen molar-refractivity contribution in [2.24, 2.45) is 0 Å². The average molecular weight is 353 g/mol. The third-order valence-corrected chi connectivity index (χ3v) is 3.70. The van der Waals surface area contributed by atoms with Crippen LogP contribution < -0.4 is 5.73 Å². The minimum atomic E-state index is -4.46. The normalized spacial score (nSPS) is 11.4. The Hall–Kier alpha value is -1.56. The summed E-state index contributed by atoms with van der Waals surface area (Å²) in [5.41, 5.74) is 1.52. The highest BCUT2D eigenvalue weighted by Crippen LogP contribution is 2.44. The van der Waals surface area contributed by atoms with Crippen LogP contribution in [0.5, 0.6) is 0 Å². The Morgan fingerprint density at radius 3 is 2.29 bits per heavy atom. The molecule has 0 bridgehead atoms. The zero-order valence-corrected chi connectivity index (χ0v) is 12.3. The van der Waals surface area contributed by atoms with Crippen LogP contribution in [-0.4, -0.2) is 15.7 Å². The molecule has 0 saturated heterocycles. The van der Waals surface area contributed by atoms with E-state index in [1.807, 2.05) is 6.07 Å². The monoisotopic (exact) mass is 352 g/mol. The molecular formula is C11H5Cl2F3N4S. The Balaban J connectivity index is 2.57. The molecule has 0 aliphatic carbocycles. The molecule has 2 aromatic rings. The SMILES string of the molecule is N#Cc1[nH]nc(N)c1-c1c(Cl)cc(SC(F)(F)F)cc1Cl. The van der Waals surface area contributed by atoms with Crippen LogP contribution in [-0.2, 0) is 0 Å². The van der Waals surface area contributed by atoms with Crippen LogP contribution >= 0.6 is 35.0 Å². The van der Waals surface area contributed by atoms with E-state index < -0.39 is 5.51 Å². The first-order valence-corrected chi connectivity index (χ1v) is 6.79. The van der Waals surface area contributed by atoms with Gasteiger partial charge in [-0.2, -0.15) is 23.5 Å². The number of rotatable bonds is 2. The molecule has 0 aliphatic rings. The highest BCUT2D eigenvalue weighted by Gasteiger charge is 2.30. The van der Waals surface area contributed by atoms with Crippen molar-refractivity contribution >= 4 is 40.8 Å². The van der Waals surface area contributed by atoms with E-state index in [-0.39, 0.29) is 49.3 Å². The molecule has 10 heteroatoms. The number of alkyl halides is 3. The lowest BCUT2D eigenvalue weighted by atomic mass is 10.1. The number of nitrogens with one attached hydrogen (secondary N) is 1. The molecule has 0 atom stereocenters. The van der Waals surface area contributed by atoms with Crippen LogP contribution in [0.2, 0.25) is 10.0 Å². The minimum absolute atomic E-state index is 0.0209. The number of hydrogen-bond donors (Lipinski definition) is 2. The fourth-order valence-electron chi connectivity index (χ4n) is 1.67. The number of nitrogens with two attached hydrogens (primary N) is 1. The number of hydrogen-bond acceptors (Lipinski definition) is 4. The lowest BCUT2D eigenvalue weighted by Crippen LogP contribution is -1.99. The highest BCUT2D eigenvalue weighted by atomic mass is 35.5. The molecule has 110 valence electrons. The van der Waals surface area contributed by atoms with Crippen LogP contribution in [0.4, 0.5) is 19.0 Å². The van der Waals surface area contributed by atoms with Gasteiger partial charge in [-0.05, 0) is 23.9 Å². The molecule has 0 amide bonds. The second-order valence-corrected chi connectivity index (χ2v) is 5.73. The average Bonchev–Trinajstić information content (AvgIpc) is 2.68. The molecule has 0 spiro atoms. The van der Waals surface area contributed by atoms with Crippen LogP contribution in [0.15, 0.2) is 17.0 Å². The van der Waals surface area contributed by atoms with Crippen molar-refractivity contribution in [2.45, 2.75) is 10.4 Å². The number of aromatic amines is 1. The van der Waals surface area contributed by atoms with Gasteiger partial charge in [0.2, 0.25) is 0 Å². The molecule has 0 unspecified atom stereocenters. The quantitative estimate of drug-likeness (QED) is 0.782. The predicted octanol–water partition coefficient (Wildman–Crippen LogP) is 4.45. The fraction of sp³-hybridized carbons (Fsp3) is 0.0909. The van der Waals surface area contributed by atoms with Crippen molar-refractivity contribution in [1.29, 1.82) is 5.26 Å². The van der Waals surface area contributed by atoms with Gasteiger partial charge in [-0.3, -0.25) is 5.10 Å². The van der Waals surface area contributed by atoms with Crippen molar-refractivity contribution in [3.63, 3.8) is 0 Å². The summed E-state index contributed by atoms with van der Waals surface area (Å²) in [6.07, 6.45) is 0. The van der Waals surface area contributed by atoms with E-state index in [4.69, 9.17) is 34.2 Å². The maximum Gasteiger partial charge on any atom is 0.446 e. The standard InChI is InChI=1S/C11H5Cl2F3N4S/c12-5-1-4(21-11(14,15)16)2-6(13)8(5)9-7(3-17)19-20-10(9)18/h1-2H,(H3,18,19,20). The Morgan fingerprint density at radius 1 is 1.24 bits per heavy atom. The maximum absolute atomic E-state index is 12.4. The lowest BCUT2D eigenvalue weighted by molar-refractivity contribution is -0.0328. The molecule has 4 nitrogen and oxygen atoms in total. The summed E-state index contributed by atoms with van der Waals surface area (Å²) in [6, 6.07) is 4.03. The summed E-state index contributed by atoms with van der Waals surface area (Å²) in [7, 11) is 0. The van der Waals surface area contributed by atoms with Crippen molar-refractivity contribution in [1.82, 2.24) is 10.2 Å². The predicted molar refractivity (Wildman–Crippen MR) is 75.1 cm³/mol. The Labute approximate surface area is 131 Å². The molecule has 0 saturated carbocycles. The van der Waals surface area contributed by atoms with E-state index in [0.717, 1.165) is 12.1 Å². The molecule has 21 heavy (non-hydrogen) atoms. The molecule has 3 N–H and O–H groups in total. The summed E-state index contributed by atoms with van der Waals surface area (Å²) < 4.78 is 37.1. The second kappa shape index (κ2) is 5.67. The Morgan fingerprint density at radius 2 is 1.81 bits per heavy atom. The van der Waals surface area contributed by atoms with Gasteiger partial charge in [0, 0.05) is 10.5 Å². The van der Waals surface area contributed by atoms with Crippen molar-refractivity contribution in [3.8, 4) is 17.2 Å². The number of nitrogens with zero attached hydrogens (tertiary/aromatic N) is 2. The second-order valence-electron chi connectivity index (χ2n) is 3.78. The van der Waals surface area contributed by atoms with Gasteiger partial charge in [0.05, 0.1) is 15.6 Å². The van der Waals surface area contributed by atoms with Gasteiger partial charge in [0.25, 0.3) is 0 Å². The molecule has 2 rings (SSSR count). The van der Waals surface area contributed by atoms with Crippen LogP contribution in [0, 0.1) is 11.3 Å². The number of aromatic nitrogens is 2. The van der Waals surface area contributed by atoms with Gasteiger partial charge in [0.15, 0.2) is 5.82 Å². The van der Waals surface area contributed by atoms with Gasteiger partial charge in [-0.15, -0.1) is 0 Å². The minimum Gasteiger partial charge on any atom is -0.382 e. The third-order valence-electron chi connectivity index (χ3n) is 2.41. The first-order chi connectivity index (χ1) is 9.73. The Bertz CT molecular complexity index is 713. The number of H-pyrrole nitrogens is 1. The van der Waals surface area contributed by atoms with E-state index in [1.54, 1.807) is 0 Å². The molecule has 1 aromatic carbocycles. The zero-order chi connectivity index (χ0) is 15.8.